The zero-order chi connectivity index (χ0) is 15.3. The third kappa shape index (κ3) is 2.19. The molecular weight excluding hydrogens is 252 g/mol. The number of phenolic OH excluding ortho intramolecular Hbond substituents is 1. The van der Waals surface area contributed by atoms with Gasteiger partial charge in [-0.2, -0.15) is 0 Å². The highest BCUT2D eigenvalue weighted by Crippen LogP contribution is 2.48. The molecule has 0 aliphatic carbocycles. The fourth-order valence-electron chi connectivity index (χ4n) is 2.56. The van der Waals surface area contributed by atoms with Crippen molar-refractivity contribution in [3.63, 3.8) is 0 Å². The first-order chi connectivity index (χ1) is 9.05. The lowest BCUT2D eigenvalue weighted by Gasteiger charge is -2.27. The Balaban J connectivity index is 3.05. The Morgan fingerprint density at radius 2 is 1.25 bits per heavy atom. The van der Waals surface area contributed by atoms with Crippen LogP contribution in [-0.2, 0) is 15.9 Å². The van der Waals surface area contributed by atoms with Gasteiger partial charge in [0.15, 0.2) is 5.75 Å². The van der Waals surface area contributed by atoms with Crippen LogP contribution in [0.1, 0.15) is 52.7 Å². The second kappa shape index (κ2) is 4.33. The van der Waals surface area contributed by atoms with Gasteiger partial charge >= 0.3 is 0 Å². The lowest BCUT2D eigenvalue weighted by Crippen LogP contribution is -2.17. The molecule has 4 heteroatoms. The molecular formula is C16H21N2O2. The quantitative estimate of drug-likeness (QED) is 0.786. The average molecular weight is 273 g/mol. The fraction of sp³-hybridized carbons (Fsp3) is 0.500. The number of rotatable bonds is 0. The van der Waals surface area contributed by atoms with Crippen LogP contribution in [0.4, 0.5) is 0 Å². The predicted octanol–water partition coefficient (Wildman–Crippen LogP) is 4.07. The van der Waals surface area contributed by atoms with Crippen molar-refractivity contribution >= 4 is 11.0 Å². The molecule has 0 bridgehead atoms. The molecule has 107 valence electrons. The number of phenols is 1. The summed E-state index contributed by atoms with van der Waals surface area (Å²) in [5.41, 5.74) is 1.51. The van der Waals surface area contributed by atoms with Gasteiger partial charge in [-0.3, -0.25) is 15.1 Å². The van der Waals surface area contributed by atoms with E-state index in [1.54, 1.807) is 12.4 Å². The van der Waals surface area contributed by atoms with Gasteiger partial charge in [0.25, 0.3) is 0 Å². The average Bonchev–Trinajstić information content (AvgIpc) is 2.27. The lowest BCUT2D eigenvalue weighted by atomic mass is 9.79. The number of aromatic hydroxyl groups is 1. The van der Waals surface area contributed by atoms with Crippen LogP contribution in [0.15, 0.2) is 12.4 Å². The topological polar surface area (TPSA) is 65.9 Å². The molecule has 4 nitrogen and oxygen atoms in total. The SMILES string of the molecule is CC(C)(C)c1c([O])c(O)c(C(C)(C)C)c2nccnc12. The number of hydrogen-bond donors (Lipinski definition) is 1. The maximum Gasteiger partial charge on any atom is 0.226 e. The number of benzene rings is 1. The molecule has 0 spiro atoms. The first-order valence-corrected chi connectivity index (χ1v) is 6.72. The van der Waals surface area contributed by atoms with Gasteiger partial charge < -0.3 is 5.11 Å². The van der Waals surface area contributed by atoms with Gasteiger partial charge in [-0.15, -0.1) is 0 Å². The van der Waals surface area contributed by atoms with Crippen LogP contribution in [0.3, 0.4) is 0 Å². The van der Waals surface area contributed by atoms with E-state index in [2.05, 4.69) is 9.97 Å². The van der Waals surface area contributed by atoms with E-state index >= 15 is 0 Å². The third-order valence-electron chi connectivity index (χ3n) is 3.35. The predicted molar refractivity (Wildman–Crippen MR) is 78.7 cm³/mol. The van der Waals surface area contributed by atoms with Crippen molar-refractivity contribution < 1.29 is 10.2 Å². The second-order valence-electron chi connectivity index (χ2n) is 7.18. The Morgan fingerprint density at radius 1 is 0.850 bits per heavy atom. The largest absolute Gasteiger partial charge is 0.504 e. The van der Waals surface area contributed by atoms with Crippen molar-refractivity contribution in [2.75, 3.05) is 0 Å². The monoisotopic (exact) mass is 273 g/mol. The molecule has 20 heavy (non-hydrogen) atoms. The molecule has 1 aromatic carbocycles. The van der Waals surface area contributed by atoms with E-state index in [0.717, 1.165) is 0 Å². The Bertz CT molecular complexity index is 606. The zero-order valence-corrected chi connectivity index (χ0v) is 12.9. The Morgan fingerprint density at radius 3 is 1.65 bits per heavy atom. The molecule has 0 atom stereocenters. The minimum Gasteiger partial charge on any atom is -0.504 e. The summed E-state index contributed by atoms with van der Waals surface area (Å²) < 4.78 is 0. The van der Waals surface area contributed by atoms with Crippen LogP contribution in [0.2, 0.25) is 0 Å². The van der Waals surface area contributed by atoms with Crippen LogP contribution >= 0.6 is 0 Å². The molecule has 0 aliphatic rings. The van der Waals surface area contributed by atoms with Crippen molar-refractivity contribution in [3.05, 3.63) is 23.5 Å². The van der Waals surface area contributed by atoms with E-state index in [1.165, 1.54) is 0 Å². The van der Waals surface area contributed by atoms with Gasteiger partial charge in [0.1, 0.15) is 0 Å². The number of hydrogen-bond acceptors (Lipinski definition) is 3. The van der Waals surface area contributed by atoms with Crippen molar-refractivity contribution in [2.24, 2.45) is 0 Å². The van der Waals surface area contributed by atoms with Gasteiger partial charge in [-0.25, -0.2) is 0 Å². The molecule has 1 aromatic heterocycles. The number of fused-ring (bicyclic) bond motifs is 1. The Hall–Kier alpha value is -1.84. The molecule has 2 rings (SSSR count). The van der Waals surface area contributed by atoms with Crippen molar-refractivity contribution in [1.29, 1.82) is 0 Å². The highest BCUT2D eigenvalue weighted by Gasteiger charge is 2.33. The van der Waals surface area contributed by atoms with E-state index in [-0.39, 0.29) is 16.9 Å². The Labute approximate surface area is 119 Å². The molecule has 0 aliphatic heterocycles. The summed E-state index contributed by atoms with van der Waals surface area (Å²) in [5.74, 6) is -0.536. The summed E-state index contributed by atoms with van der Waals surface area (Å²) in [5, 5.41) is 23.0. The van der Waals surface area contributed by atoms with Gasteiger partial charge in [-0.05, 0) is 10.8 Å². The van der Waals surface area contributed by atoms with Crippen molar-refractivity contribution in [3.8, 4) is 11.5 Å². The standard InChI is InChI=1S/C16H21N2O2/c1-15(2,3)9-11-12(18-8-7-17-11)10(16(4,5)6)14(20)13(9)19/h7-8,19H,1-6H3. The van der Waals surface area contributed by atoms with Gasteiger partial charge in [-0.1, -0.05) is 41.5 Å². The van der Waals surface area contributed by atoms with E-state index in [0.29, 0.717) is 22.2 Å². The minimum absolute atomic E-state index is 0.199. The van der Waals surface area contributed by atoms with Crippen molar-refractivity contribution in [1.82, 2.24) is 9.97 Å². The second-order valence-corrected chi connectivity index (χ2v) is 7.18. The molecule has 1 N–H and O–H groups in total. The normalized spacial score (nSPS) is 12.9. The van der Waals surface area contributed by atoms with Crippen LogP contribution in [0.25, 0.3) is 11.0 Å². The summed E-state index contributed by atoms with van der Waals surface area (Å²) in [6.45, 7) is 11.7. The van der Waals surface area contributed by atoms with Crippen LogP contribution in [0, 0.1) is 0 Å². The summed E-state index contributed by atoms with van der Waals surface area (Å²) in [6.07, 6.45) is 3.18. The zero-order valence-electron chi connectivity index (χ0n) is 12.9. The smallest absolute Gasteiger partial charge is 0.226 e. The first kappa shape index (κ1) is 14.6. The maximum atomic E-state index is 12.6. The molecule has 0 saturated heterocycles. The van der Waals surface area contributed by atoms with Crippen LogP contribution in [-0.4, -0.2) is 15.1 Å². The number of aromatic nitrogens is 2. The molecule has 1 radical (unpaired) electrons. The fourth-order valence-corrected chi connectivity index (χ4v) is 2.56. The van der Waals surface area contributed by atoms with Crippen LogP contribution in [0.5, 0.6) is 11.5 Å². The number of nitrogens with zero attached hydrogens (tertiary/aromatic N) is 2. The highest BCUT2D eigenvalue weighted by atomic mass is 16.3. The Kier molecular flexibility index (Phi) is 3.16. The lowest BCUT2D eigenvalue weighted by molar-refractivity contribution is 0.309. The summed E-state index contributed by atoms with van der Waals surface area (Å²) in [6, 6.07) is 0. The summed E-state index contributed by atoms with van der Waals surface area (Å²) >= 11 is 0. The van der Waals surface area contributed by atoms with E-state index < -0.39 is 5.41 Å². The van der Waals surface area contributed by atoms with E-state index in [9.17, 15) is 10.2 Å². The van der Waals surface area contributed by atoms with Gasteiger partial charge in [0, 0.05) is 23.5 Å². The summed E-state index contributed by atoms with van der Waals surface area (Å²) in [4.78, 5) is 8.71. The van der Waals surface area contributed by atoms with E-state index in [1.807, 2.05) is 41.5 Å². The molecule has 2 aromatic rings. The third-order valence-corrected chi connectivity index (χ3v) is 3.35. The van der Waals surface area contributed by atoms with Crippen molar-refractivity contribution in [2.45, 2.75) is 52.4 Å². The molecule has 0 saturated carbocycles. The van der Waals surface area contributed by atoms with Gasteiger partial charge in [0.2, 0.25) is 5.75 Å². The molecule has 1 heterocycles. The summed E-state index contributed by atoms with van der Waals surface area (Å²) in [7, 11) is 0. The molecule has 0 fully saturated rings. The molecule has 0 unspecified atom stereocenters. The highest BCUT2D eigenvalue weighted by molar-refractivity contribution is 5.89. The molecule has 0 amide bonds. The van der Waals surface area contributed by atoms with E-state index in [4.69, 9.17) is 0 Å². The minimum atomic E-state index is -0.404. The maximum absolute atomic E-state index is 12.6. The first-order valence-electron chi connectivity index (χ1n) is 6.72. The van der Waals surface area contributed by atoms with Crippen LogP contribution < -0.4 is 0 Å². The van der Waals surface area contributed by atoms with Gasteiger partial charge in [0.05, 0.1) is 11.0 Å².